The number of hydrogen-bond donors (Lipinski definition) is 0. The molecule has 0 bridgehead atoms. The fourth-order valence-corrected chi connectivity index (χ4v) is 4.91. The first-order chi connectivity index (χ1) is 12.6. The van der Waals surface area contributed by atoms with Crippen LogP contribution in [0.2, 0.25) is 0 Å². The van der Waals surface area contributed by atoms with Gasteiger partial charge in [-0.2, -0.15) is 0 Å². The molecule has 1 unspecified atom stereocenters. The molecule has 3 aromatic rings. The summed E-state index contributed by atoms with van der Waals surface area (Å²) in [4.78, 5) is 34.3. The van der Waals surface area contributed by atoms with Crippen LogP contribution in [0.1, 0.15) is 22.5 Å². The summed E-state index contributed by atoms with van der Waals surface area (Å²) in [6, 6.07) is 11.6. The maximum atomic E-state index is 13.0. The van der Waals surface area contributed by atoms with E-state index in [0.717, 1.165) is 27.9 Å². The highest BCUT2D eigenvalue weighted by molar-refractivity contribution is 7.22. The van der Waals surface area contributed by atoms with Crippen molar-refractivity contribution in [1.82, 2.24) is 9.88 Å². The highest BCUT2D eigenvalue weighted by atomic mass is 32.1. The fourth-order valence-electron chi connectivity index (χ4n) is 3.29. The summed E-state index contributed by atoms with van der Waals surface area (Å²) in [5, 5.41) is 2.61. The first-order valence-electron chi connectivity index (χ1n) is 8.59. The standard InChI is InChI=1S/C19H19N3O2S2/c1-21(19-20-14-7-2-3-8-15(14)26-19)17(23)13-6-4-10-22(12-13)18(24)16-9-5-11-25-16/h2-3,5,7-9,11,13H,4,6,10,12H2,1H3. The van der Waals surface area contributed by atoms with E-state index in [9.17, 15) is 9.59 Å². The van der Waals surface area contributed by atoms with Gasteiger partial charge in [0.15, 0.2) is 5.13 Å². The van der Waals surface area contributed by atoms with Gasteiger partial charge in [0.2, 0.25) is 5.91 Å². The lowest BCUT2D eigenvalue weighted by Crippen LogP contribution is -2.45. The number of amides is 2. The Balaban J connectivity index is 1.49. The lowest BCUT2D eigenvalue weighted by atomic mass is 9.96. The van der Waals surface area contributed by atoms with Gasteiger partial charge in [0.1, 0.15) is 0 Å². The fraction of sp³-hybridized carbons (Fsp3) is 0.316. The largest absolute Gasteiger partial charge is 0.337 e. The molecule has 1 aliphatic heterocycles. The zero-order chi connectivity index (χ0) is 18.1. The van der Waals surface area contributed by atoms with Gasteiger partial charge in [-0.15, -0.1) is 11.3 Å². The lowest BCUT2D eigenvalue weighted by Gasteiger charge is -2.33. The van der Waals surface area contributed by atoms with Crippen LogP contribution >= 0.6 is 22.7 Å². The van der Waals surface area contributed by atoms with Crippen LogP contribution in [0.5, 0.6) is 0 Å². The predicted octanol–water partition coefficient (Wildman–Crippen LogP) is 3.87. The number of hydrogen-bond acceptors (Lipinski definition) is 5. The number of aromatic nitrogens is 1. The zero-order valence-corrected chi connectivity index (χ0v) is 16.1. The molecule has 0 radical (unpaired) electrons. The van der Waals surface area contributed by atoms with Crippen molar-refractivity contribution < 1.29 is 9.59 Å². The molecule has 0 aliphatic carbocycles. The maximum Gasteiger partial charge on any atom is 0.263 e. The summed E-state index contributed by atoms with van der Waals surface area (Å²) in [6.07, 6.45) is 1.66. The average molecular weight is 386 g/mol. The molecule has 0 saturated carbocycles. The van der Waals surface area contributed by atoms with E-state index in [1.165, 1.54) is 22.7 Å². The minimum absolute atomic E-state index is 0.0279. The van der Waals surface area contributed by atoms with E-state index in [1.54, 1.807) is 11.9 Å². The number of benzene rings is 1. The van der Waals surface area contributed by atoms with E-state index >= 15 is 0 Å². The van der Waals surface area contributed by atoms with Crippen LogP contribution in [0, 0.1) is 5.92 Å². The van der Waals surface area contributed by atoms with Gasteiger partial charge < -0.3 is 4.90 Å². The van der Waals surface area contributed by atoms with Crippen LogP contribution in [0.4, 0.5) is 5.13 Å². The first-order valence-corrected chi connectivity index (χ1v) is 10.3. The summed E-state index contributed by atoms with van der Waals surface area (Å²) in [7, 11) is 1.78. The van der Waals surface area contributed by atoms with Gasteiger partial charge in [-0.25, -0.2) is 4.98 Å². The molecule has 1 aliphatic rings. The highest BCUT2D eigenvalue weighted by Gasteiger charge is 2.32. The SMILES string of the molecule is CN(C(=O)C1CCCN(C(=O)c2cccs2)C1)c1nc2ccccc2s1. The molecule has 26 heavy (non-hydrogen) atoms. The van der Waals surface area contributed by atoms with Crippen LogP contribution in [-0.2, 0) is 4.79 Å². The van der Waals surface area contributed by atoms with E-state index in [-0.39, 0.29) is 17.7 Å². The second-order valence-corrected chi connectivity index (χ2v) is 8.39. The molecule has 1 aromatic carbocycles. The number of rotatable bonds is 3. The van der Waals surface area contributed by atoms with Crippen molar-refractivity contribution in [1.29, 1.82) is 0 Å². The molecule has 3 heterocycles. The van der Waals surface area contributed by atoms with E-state index < -0.39 is 0 Å². The normalized spacial score (nSPS) is 17.4. The van der Waals surface area contributed by atoms with Gasteiger partial charge in [-0.05, 0) is 36.4 Å². The molecule has 4 rings (SSSR count). The molecule has 2 aromatic heterocycles. The smallest absolute Gasteiger partial charge is 0.263 e. The zero-order valence-electron chi connectivity index (χ0n) is 14.4. The van der Waals surface area contributed by atoms with E-state index in [4.69, 9.17) is 0 Å². The van der Waals surface area contributed by atoms with E-state index in [1.807, 2.05) is 46.7 Å². The van der Waals surface area contributed by atoms with Crippen molar-refractivity contribution in [2.75, 3.05) is 25.0 Å². The second kappa shape index (κ2) is 7.17. The Kier molecular flexibility index (Phi) is 4.74. The van der Waals surface area contributed by atoms with Crippen molar-refractivity contribution >= 4 is 49.8 Å². The predicted molar refractivity (Wildman–Crippen MR) is 106 cm³/mol. The Morgan fingerprint density at radius 3 is 2.85 bits per heavy atom. The van der Waals surface area contributed by atoms with Crippen LogP contribution < -0.4 is 4.90 Å². The Morgan fingerprint density at radius 2 is 2.08 bits per heavy atom. The molecule has 0 spiro atoms. The number of anilines is 1. The van der Waals surface area contributed by atoms with Crippen LogP contribution in [0.15, 0.2) is 41.8 Å². The van der Waals surface area contributed by atoms with Gasteiger partial charge in [0.25, 0.3) is 5.91 Å². The van der Waals surface area contributed by atoms with Crippen LogP contribution in [0.3, 0.4) is 0 Å². The molecule has 0 N–H and O–H groups in total. The number of carbonyl (C=O) groups excluding carboxylic acids is 2. The quantitative estimate of drug-likeness (QED) is 0.688. The van der Waals surface area contributed by atoms with Crippen LogP contribution in [0.25, 0.3) is 10.2 Å². The second-order valence-electron chi connectivity index (χ2n) is 6.43. The number of carbonyl (C=O) groups is 2. The molecule has 1 fully saturated rings. The topological polar surface area (TPSA) is 53.5 Å². The lowest BCUT2D eigenvalue weighted by molar-refractivity contribution is -0.123. The molecule has 2 amide bonds. The third-order valence-electron chi connectivity index (χ3n) is 4.69. The Hall–Kier alpha value is -2.25. The Bertz CT molecular complexity index is 902. The number of piperidine rings is 1. The van der Waals surface area contributed by atoms with Gasteiger partial charge >= 0.3 is 0 Å². The Labute approximate surface area is 159 Å². The molecule has 7 heteroatoms. The van der Waals surface area contributed by atoms with Gasteiger partial charge in [-0.3, -0.25) is 14.5 Å². The number of likely N-dealkylation sites (tertiary alicyclic amines) is 1. The monoisotopic (exact) mass is 385 g/mol. The van der Waals surface area contributed by atoms with Crippen molar-refractivity contribution in [3.8, 4) is 0 Å². The van der Waals surface area contributed by atoms with Crippen molar-refractivity contribution in [2.24, 2.45) is 5.92 Å². The van der Waals surface area contributed by atoms with E-state index in [0.29, 0.717) is 18.2 Å². The van der Waals surface area contributed by atoms with Gasteiger partial charge in [-0.1, -0.05) is 29.5 Å². The summed E-state index contributed by atoms with van der Waals surface area (Å²) < 4.78 is 1.07. The number of thiazole rings is 1. The molecular formula is C19H19N3O2S2. The van der Waals surface area contributed by atoms with Crippen LogP contribution in [-0.4, -0.2) is 41.8 Å². The molecule has 1 saturated heterocycles. The molecule has 134 valence electrons. The summed E-state index contributed by atoms with van der Waals surface area (Å²) in [5.41, 5.74) is 0.908. The summed E-state index contributed by atoms with van der Waals surface area (Å²) in [5.74, 6) is -0.113. The number of thiophene rings is 1. The first kappa shape index (κ1) is 17.2. The van der Waals surface area contributed by atoms with Crippen molar-refractivity contribution in [3.05, 3.63) is 46.7 Å². The van der Waals surface area contributed by atoms with Crippen molar-refractivity contribution in [3.63, 3.8) is 0 Å². The van der Waals surface area contributed by atoms with Crippen molar-refractivity contribution in [2.45, 2.75) is 12.8 Å². The third kappa shape index (κ3) is 3.24. The summed E-state index contributed by atoms with van der Waals surface area (Å²) in [6.45, 7) is 1.19. The molecule has 1 atom stereocenters. The van der Waals surface area contributed by atoms with Gasteiger partial charge in [0, 0.05) is 20.1 Å². The number of fused-ring (bicyclic) bond motifs is 1. The summed E-state index contributed by atoms with van der Waals surface area (Å²) >= 11 is 2.96. The number of nitrogens with zero attached hydrogens (tertiary/aromatic N) is 3. The minimum Gasteiger partial charge on any atom is -0.337 e. The maximum absolute atomic E-state index is 13.0. The average Bonchev–Trinajstić information content (AvgIpc) is 3.36. The van der Waals surface area contributed by atoms with E-state index in [2.05, 4.69) is 4.98 Å². The highest BCUT2D eigenvalue weighted by Crippen LogP contribution is 2.30. The minimum atomic E-state index is -0.176. The number of para-hydroxylation sites is 1. The Morgan fingerprint density at radius 1 is 1.23 bits per heavy atom. The molecule has 5 nitrogen and oxygen atoms in total. The third-order valence-corrected chi connectivity index (χ3v) is 6.66. The van der Waals surface area contributed by atoms with Gasteiger partial charge in [0.05, 0.1) is 21.0 Å². The molecular weight excluding hydrogens is 366 g/mol.